The lowest BCUT2D eigenvalue weighted by Crippen LogP contribution is -2.42. The van der Waals surface area contributed by atoms with Crippen molar-refractivity contribution in [1.29, 1.82) is 0 Å². The molecule has 1 unspecified atom stereocenters. The third-order valence-corrected chi connectivity index (χ3v) is 7.40. The molecule has 174 valence electrons. The SMILES string of the molecule is COc1ccc(C(=O)N2CCc3cc(C(=O)N4CCCC4CN4CCCC4)ccc3C2)cc1. The number of rotatable bonds is 5. The monoisotopic (exact) mass is 447 g/mol. The fourth-order valence-electron chi connectivity index (χ4n) is 5.50. The quantitative estimate of drug-likeness (QED) is 0.703. The number of methoxy groups -OCH3 is 1. The van der Waals surface area contributed by atoms with Gasteiger partial charge in [-0.25, -0.2) is 0 Å². The lowest BCUT2D eigenvalue weighted by Gasteiger charge is -2.31. The third-order valence-electron chi connectivity index (χ3n) is 7.40. The maximum absolute atomic E-state index is 13.4. The molecule has 33 heavy (non-hydrogen) atoms. The molecule has 0 bridgehead atoms. The average molecular weight is 448 g/mol. The van der Waals surface area contributed by atoms with Crippen molar-refractivity contribution < 1.29 is 14.3 Å². The summed E-state index contributed by atoms with van der Waals surface area (Å²) in [7, 11) is 1.62. The van der Waals surface area contributed by atoms with Gasteiger partial charge < -0.3 is 19.4 Å². The van der Waals surface area contributed by atoms with E-state index in [1.54, 1.807) is 7.11 Å². The van der Waals surface area contributed by atoms with Crippen molar-refractivity contribution in [3.63, 3.8) is 0 Å². The molecule has 0 spiro atoms. The van der Waals surface area contributed by atoms with Crippen LogP contribution >= 0.6 is 0 Å². The van der Waals surface area contributed by atoms with Crippen molar-refractivity contribution in [2.45, 2.75) is 44.7 Å². The fraction of sp³-hybridized carbons (Fsp3) is 0.481. The first-order valence-electron chi connectivity index (χ1n) is 12.2. The van der Waals surface area contributed by atoms with Crippen LogP contribution in [0.5, 0.6) is 5.75 Å². The molecule has 2 aromatic carbocycles. The number of nitrogens with zero attached hydrogens (tertiary/aromatic N) is 3. The second-order valence-electron chi connectivity index (χ2n) is 9.49. The summed E-state index contributed by atoms with van der Waals surface area (Å²) in [5, 5.41) is 0. The Morgan fingerprint density at radius 2 is 1.64 bits per heavy atom. The van der Waals surface area contributed by atoms with E-state index >= 15 is 0 Å². The largest absolute Gasteiger partial charge is 0.497 e. The molecular formula is C27H33N3O3. The standard InChI is InChI=1S/C27H33N3O3/c1-33-25-10-8-20(9-11-25)26(31)29-16-12-21-17-22(6-7-23(21)18-29)27(32)30-15-4-5-24(30)19-28-13-2-3-14-28/h6-11,17,24H,2-5,12-16,18-19H2,1H3. The predicted molar refractivity (Wildman–Crippen MR) is 128 cm³/mol. The Labute approximate surface area is 196 Å². The van der Waals surface area contributed by atoms with Crippen molar-refractivity contribution in [3.05, 3.63) is 64.7 Å². The van der Waals surface area contributed by atoms with Gasteiger partial charge in [-0.3, -0.25) is 9.59 Å². The number of likely N-dealkylation sites (tertiary alicyclic amines) is 2. The zero-order chi connectivity index (χ0) is 22.8. The van der Waals surface area contributed by atoms with E-state index in [4.69, 9.17) is 4.74 Å². The van der Waals surface area contributed by atoms with Crippen molar-refractivity contribution in [2.75, 3.05) is 39.8 Å². The molecule has 0 saturated carbocycles. The van der Waals surface area contributed by atoms with Gasteiger partial charge in [0.2, 0.25) is 0 Å². The summed E-state index contributed by atoms with van der Waals surface area (Å²) in [6.07, 6.45) is 5.54. The molecule has 3 heterocycles. The summed E-state index contributed by atoms with van der Waals surface area (Å²) in [5.74, 6) is 0.940. The number of amides is 2. The number of benzene rings is 2. The first-order chi connectivity index (χ1) is 16.1. The highest BCUT2D eigenvalue weighted by atomic mass is 16.5. The van der Waals surface area contributed by atoms with E-state index in [0.717, 1.165) is 49.2 Å². The maximum Gasteiger partial charge on any atom is 0.254 e. The average Bonchev–Trinajstić information content (AvgIpc) is 3.55. The summed E-state index contributed by atoms with van der Waals surface area (Å²) >= 11 is 0. The van der Waals surface area contributed by atoms with E-state index in [-0.39, 0.29) is 11.8 Å². The van der Waals surface area contributed by atoms with Gasteiger partial charge in [0.1, 0.15) is 5.75 Å². The van der Waals surface area contributed by atoms with Crippen LogP contribution in [0.1, 0.15) is 57.5 Å². The van der Waals surface area contributed by atoms with Gasteiger partial charge >= 0.3 is 0 Å². The highest BCUT2D eigenvalue weighted by molar-refractivity contribution is 5.96. The van der Waals surface area contributed by atoms with Crippen LogP contribution in [0.25, 0.3) is 0 Å². The zero-order valence-electron chi connectivity index (χ0n) is 19.5. The number of fused-ring (bicyclic) bond motifs is 1. The highest BCUT2D eigenvalue weighted by Crippen LogP contribution is 2.26. The Kier molecular flexibility index (Phi) is 6.36. The van der Waals surface area contributed by atoms with E-state index < -0.39 is 0 Å². The minimum Gasteiger partial charge on any atom is -0.497 e. The minimum absolute atomic E-state index is 0.0327. The van der Waals surface area contributed by atoms with Crippen molar-refractivity contribution in [3.8, 4) is 5.75 Å². The van der Waals surface area contributed by atoms with Crippen molar-refractivity contribution in [2.24, 2.45) is 0 Å². The number of ether oxygens (including phenoxy) is 1. The predicted octanol–water partition coefficient (Wildman–Crippen LogP) is 3.59. The van der Waals surface area contributed by atoms with E-state index in [1.807, 2.05) is 41.3 Å². The smallest absolute Gasteiger partial charge is 0.254 e. The molecule has 0 radical (unpaired) electrons. The molecule has 6 heteroatoms. The van der Waals surface area contributed by atoms with Gasteiger partial charge in [-0.05, 0) is 92.7 Å². The Morgan fingerprint density at radius 1 is 0.879 bits per heavy atom. The number of carbonyl (C=O) groups excluding carboxylic acids is 2. The summed E-state index contributed by atoms with van der Waals surface area (Å²) in [4.78, 5) is 32.8. The zero-order valence-corrected chi connectivity index (χ0v) is 19.5. The van der Waals surface area contributed by atoms with Crippen LogP contribution in [0.4, 0.5) is 0 Å². The maximum atomic E-state index is 13.4. The van der Waals surface area contributed by atoms with Gasteiger partial charge in [0.25, 0.3) is 11.8 Å². The van der Waals surface area contributed by atoms with Crippen molar-refractivity contribution in [1.82, 2.24) is 14.7 Å². The molecule has 2 fully saturated rings. The summed E-state index contributed by atoms with van der Waals surface area (Å²) in [6, 6.07) is 13.7. The molecule has 1 atom stereocenters. The fourth-order valence-corrected chi connectivity index (χ4v) is 5.50. The molecule has 0 aliphatic carbocycles. The number of hydrogen-bond donors (Lipinski definition) is 0. The van der Waals surface area contributed by atoms with Gasteiger partial charge in [0.15, 0.2) is 0 Å². The second kappa shape index (κ2) is 9.56. The van der Waals surface area contributed by atoms with Gasteiger partial charge in [0.05, 0.1) is 7.11 Å². The first-order valence-corrected chi connectivity index (χ1v) is 12.2. The highest BCUT2D eigenvalue weighted by Gasteiger charge is 2.32. The Hall–Kier alpha value is -2.86. The third kappa shape index (κ3) is 4.62. The van der Waals surface area contributed by atoms with Crippen LogP contribution in [-0.2, 0) is 13.0 Å². The van der Waals surface area contributed by atoms with E-state index in [0.29, 0.717) is 24.7 Å². The van der Waals surface area contributed by atoms with Gasteiger partial charge in [-0.15, -0.1) is 0 Å². The van der Waals surface area contributed by atoms with Gasteiger partial charge in [0, 0.05) is 43.3 Å². The van der Waals surface area contributed by atoms with E-state index in [9.17, 15) is 9.59 Å². The topological polar surface area (TPSA) is 53.1 Å². The summed E-state index contributed by atoms with van der Waals surface area (Å²) < 4.78 is 5.19. The van der Waals surface area contributed by atoms with Crippen LogP contribution in [0, 0.1) is 0 Å². The van der Waals surface area contributed by atoms with Gasteiger partial charge in [-0.1, -0.05) is 6.07 Å². The first kappa shape index (κ1) is 22.0. The molecule has 2 saturated heterocycles. The minimum atomic E-state index is 0.0327. The van der Waals surface area contributed by atoms with Crippen LogP contribution in [0.3, 0.4) is 0 Å². The molecule has 6 nitrogen and oxygen atoms in total. The Balaban J connectivity index is 1.25. The lowest BCUT2D eigenvalue weighted by atomic mass is 9.96. The van der Waals surface area contributed by atoms with E-state index in [2.05, 4.69) is 15.9 Å². The molecule has 0 N–H and O–H groups in total. The van der Waals surface area contributed by atoms with Crippen LogP contribution in [0.2, 0.25) is 0 Å². The molecule has 5 rings (SSSR count). The summed E-state index contributed by atoms with van der Waals surface area (Å²) in [5.41, 5.74) is 3.78. The van der Waals surface area contributed by atoms with Gasteiger partial charge in [-0.2, -0.15) is 0 Å². The molecule has 0 aromatic heterocycles. The molecule has 2 amide bonds. The molecule has 2 aromatic rings. The van der Waals surface area contributed by atoms with E-state index in [1.165, 1.54) is 31.5 Å². The van der Waals surface area contributed by atoms with Crippen molar-refractivity contribution >= 4 is 11.8 Å². The number of carbonyl (C=O) groups is 2. The van der Waals surface area contributed by atoms with Crippen LogP contribution in [0.15, 0.2) is 42.5 Å². The molecular weight excluding hydrogens is 414 g/mol. The molecule has 3 aliphatic heterocycles. The van der Waals surface area contributed by atoms with Crippen LogP contribution in [-0.4, -0.2) is 72.4 Å². The Bertz CT molecular complexity index is 1010. The second-order valence-corrected chi connectivity index (χ2v) is 9.49. The van der Waals surface area contributed by atoms with Crippen LogP contribution < -0.4 is 4.74 Å². The molecule has 3 aliphatic rings. The lowest BCUT2D eigenvalue weighted by molar-refractivity contribution is 0.0703. The Morgan fingerprint density at radius 3 is 2.39 bits per heavy atom. The summed E-state index contributed by atoms with van der Waals surface area (Å²) in [6.45, 7) is 5.46. The normalized spacial score (nSPS) is 20.7. The number of hydrogen-bond acceptors (Lipinski definition) is 4.